The van der Waals surface area contributed by atoms with Crippen molar-refractivity contribution in [3.8, 4) is 0 Å². The van der Waals surface area contributed by atoms with E-state index in [0.717, 1.165) is 11.8 Å². The van der Waals surface area contributed by atoms with Gasteiger partial charge in [-0.3, -0.25) is 0 Å². The van der Waals surface area contributed by atoms with Crippen LogP contribution in [0.3, 0.4) is 0 Å². The van der Waals surface area contributed by atoms with Gasteiger partial charge in [-0.15, -0.1) is 0 Å². The zero-order valence-electron chi connectivity index (χ0n) is 8.89. The molecule has 0 saturated heterocycles. The lowest BCUT2D eigenvalue weighted by molar-refractivity contribution is 0.426. The molecule has 0 fully saturated rings. The third-order valence-corrected chi connectivity index (χ3v) is 3.76. The van der Waals surface area contributed by atoms with E-state index < -0.39 is 0 Å². The van der Waals surface area contributed by atoms with Crippen LogP contribution in [0.1, 0.15) is 31.4 Å². The van der Waals surface area contributed by atoms with Crippen molar-refractivity contribution in [1.82, 2.24) is 0 Å². The third kappa shape index (κ3) is 2.03. The molecule has 0 aromatic heterocycles. The minimum absolute atomic E-state index is 0.827. The Morgan fingerprint density at radius 2 is 2.14 bits per heavy atom. The standard InChI is InChI=1S/C13H17Br/c1-9(2)6-10-7-11-4-3-5-13(14)12(11)8-10/h3-5,9-10H,6-8H2,1-2H3/t10-/m1/s1. The molecule has 0 unspecified atom stereocenters. The van der Waals surface area contributed by atoms with E-state index in [1.165, 1.54) is 23.7 Å². The number of hydrogen-bond donors (Lipinski definition) is 0. The van der Waals surface area contributed by atoms with Gasteiger partial charge in [0.25, 0.3) is 0 Å². The lowest BCUT2D eigenvalue weighted by Gasteiger charge is -2.11. The predicted molar refractivity (Wildman–Crippen MR) is 64.5 cm³/mol. The summed E-state index contributed by atoms with van der Waals surface area (Å²) in [6, 6.07) is 6.59. The van der Waals surface area contributed by atoms with Gasteiger partial charge in [0.05, 0.1) is 0 Å². The minimum Gasteiger partial charge on any atom is -0.0628 e. The molecule has 1 aromatic carbocycles. The summed E-state index contributed by atoms with van der Waals surface area (Å²) in [5.74, 6) is 1.71. The van der Waals surface area contributed by atoms with Crippen LogP contribution in [-0.4, -0.2) is 0 Å². The van der Waals surface area contributed by atoms with Gasteiger partial charge in [0, 0.05) is 4.47 Å². The van der Waals surface area contributed by atoms with Crippen LogP contribution in [0.4, 0.5) is 0 Å². The average Bonchev–Trinajstić information content (AvgIpc) is 2.47. The van der Waals surface area contributed by atoms with Gasteiger partial charge in [0.1, 0.15) is 0 Å². The van der Waals surface area contributed by atoms with E-state index in [4.69, 9.17) is 0 Å². The second kappa shape index (κ2) is 4.06. The van der Waals surface area contributed by atoms with Crippen LogP contribution < -0.4 is 0 Å². The molecule has 1 aliphatic carbocycles. The Morgan fingerprint density at radius 1 is 1.36 bits per heavy atom. The average molecular weight is 253 g/mol. The summed E-state index contributed by atoms with van der Waals surface area (Å²) in [4.78, 5) is 0. The molecule has 0 saturated carbocycles. The Labute approximate surface area is 94.8 Å². The molecule has 0 N–H and O–H groups in total. The first-order valence-corrected chi connectivity index (χ1v) is 6.22. The van der Waals surface area contributed by atoms with Crippen molar-refractivity contribution in [2.45, 2.75) is 33.1 Å². The molecule has 1 aliphatic rings. The topological polar surface area (TPSA) is 0 Å². The molecular weight excluding hydrogens is 236 g/mol. The van der Waals surface area contributed by atoms with E-state index in [2.05, 4.69) is 48.0 Å². The molecule has 0 nitrogen and oxygen atoms in total. The van der Waals surface area contributed by atoms with Gasteiger partial charge in [-0.1, -0.05) is 41.9 Å². The summed E-state index contributed by atoms with van der Waals surface area (Å²) >= 11 is 3.64. The maximum Gasteiger partial charge on any atom is 0.0210 e. The van der Waals surface area contributed by atoms with Crippen LogP contribution in [0.25, 0.3) is 0 Å². The molecule has 14 heavy (non-hydrogen) atoms. The molecule has 1 heteroatoms. The third-order valence-electron chi connectivity index (χ3n) is 3.02. The second-order valence-corrected chi connectivity index (χ2v) is 5.64. The number of hydrogen-bond acceptors (Lipinski definition) is 0. The summed E-state index contributed by atoms with van der Waals surface area (Å²) < 4.78 is 1.31. The smallest absolute Gasteiger partial charge is 0.0210 e. The van der Waals surface area contributed by atoms with Crippen molar-refractivity contribution in [2.24, 2.45) is 11.8 Å². The zero-order chi connectivity index (χ0) is 10.1. The van der Waals surface area contributed by atoms with Crippen molar-refractivity contribution in [3.05, 3.63) is 33.8 Å². The molecule has 2 rings (SSSR count). The van der Waals surface area contributed by atoms with Crippen LogP contribution in [0.2, 0.25) is 0 Å². The second-order valence-electron chi connectivity index (χ2n) is 4.78. The Kier molecular flexibility index (Phi) is 2.96. The van der Waals surface area contributed by atoms with Crippen LogP contribution in [0.15, 0.2) is 22.7 Å². The van der Waals surface area contributed by atoms with E-state index >= 15 is 0 Å². The molecule has 0 aliphatic heterocycles. The highest BCUT2D eigenvalue weighted by Crippen LogP contribution is 2.34. The van der Waals surface area contributed by atoms with Crippen LogP contribution >= 0.6 is 15.9 Å². The minimum atomic E-state index is 0.827. The van der Waals surface area contributed by atoms with Gasteiger partial charge in [0.2, 0.25) is 0 Å². The molecule has 1 aromatic rings. The summed E-state index contributed by atoms with van der Waals surface area (Å²) in [7, 11) is 0. The quantitative estimate of drug-likeness (QED) is 0.740. The summed E-state index contributed by atoms with van der Waals surface area (Å²) in [6.07, 6.45) is 3.92. The van der Waals surface area contributed by atoms with Crippen LogP contribution in [-0.2, 0) is 12.8 Å². The van der Waals surface area contributed by atoms with Gasteiger partial charge in [-0.25, -0.2) is 0 Å². The first-order chi connectivity index (χ1) is 6.66. The monoisotopic (exact) mass is 252 g/mol. The predicted octanol–water partition coefficient (Wildman–Crippen LogP) is 4.21. The van der Waals surface area contributed by atoms with Gasteiger partial charge in [-0.2, -0.15) is 0 Å². The normalized spacial score (nSPS) is 20.1. The van der Waals surface area contributed by atoms with Crippen molar-refractivity contribution in [1.29, 1.82) is 0 Å². The van der Waals surface area contributed by atoms with Gasteiger partial charge in [0.15, 0.2) is 0 Å². The molecule has 0 radical (unpaired) electrons. The number of benzene rings is 1. The van der Waals surface area contributed by atoms with E-state index in [0.29, 0.717) is 0 Å². The number of fused-ring (bicyclic) bond motifs is 1. The molecular formula is C13H17Br. The summed E-state index contributed by atoms with van der Waals surface area (Å²) in [5.41, 5.74) is 3.11. The summed E-state index contributed by atoms with van der Waals surface area (Å²) in [6.45, 7) is 4.63. The van der Waals surface area contributed by atoms with E-state index in [9.17, 15) is 0 Å². The number of rotatable bonds is 2. The van der Waals surface area contributed by atoms with Crippen LogP contribution in [0, 0.1) is 11.8 Å². The van der Waals surface area contributed by atoms with Crippen molar-refractivity contribution in [2.75, 3.05) is 0 Å². The fraction of sp³-hybridized carbons (Fsp3) is 0.538. The van der Waals surface area contributed by atoms with Crippen molar-refractivity contribution >= 4 is 15.9 Å². The number of halogens is 1. The maximum atomic E-state index is 3.64. The molecule has 0 amide bonds. The highest BCUT2D eigenvalue weighted by atomic mass is 79.9. The molecule has 0 heterocycles. The maximum absolute atomic E-state index is 3.64. The Bertz CT molecular complexity index is 328. The first-order valence-electron chi connectivity index (χ1n) is 5.43. The largest absolute Gasteiger partial charge is 0.0628 e. The van der Waals surface area contributed by atoms with Crippen molar-refractivity contribution < 1.29 is 0 Å². The lowest BCUT2D eigenvalue weighted by Crippen LogP contribution is -2.03. The van der Waals surface area contributed by atoms with Crippen molar-refractivity contribution in [3.63, 3.8) is 0 Å². The van der Waals surface area contributed by atoms with Gasteiger partial charge < -0.3 is 0 Å². The van der Waals surface area contributed by atoms with Gasteiger partial charge >= 0.3 is 0 Å². The van der Waals surface area contributed by atoms with Gasteiger partial charge in [-0.05, 0) is 48.3 Å². The highest BCUT2D eigenvalue weighted by molar-refractivity contribution is 9.10. The zero-order valence-corrected chi connectivity index (χ0v) is 10.5. The van der Waals surface area contributed by atoms with E-state index in [1.54, 1.807) is 11.1 Å². The Hall–Kier alpha value is -0.300. The fourth-order valence-corrected chi connectivity index (χ4v) is 3.10. The molecule has 1 atom stereocenters. The Morgan fingerprint density at radius 3 is 2.79 bits per heavy atom. The van der Waals surface area contributed by atoms with E-state index in [-0.39, 0.29) is 0 Å². The fourth-order valence-electron chi connectivity index (χ4n) is 2.53. The summed E-state index contributed by atoms with van der Waals surface area (Å²) in [5, 5.41) is 0. The van der Waals surface area contributed by atoms with Crippen LogP contribution in [0.5, 0.6) is 0 Å². The SMILES string of the molecule is CC(C)C[C@@H]1Cc2cccc(Br)c2C1. The molecule has 0 spiro atoms. The lowest BCUT2D eigenvalue weighted by atomic mass is 9.95. The first kappa shape index (κ1) is 10.2. The Balaban J connectivity index is 2.14. The highest BCUT2D eigenvalue weighted by Gasteiger charge is 2.23. The molecule has 0 bridgehead atoms. The molecule has 76 valence electrons. The van der Waals surface area contributed by atoms with E-state index in [1.807, 2.05) is 0 Å².